The lowest BCUT2D eigenvalue weighted by atomic mass is 9.97. The van der Waals surface area contributed by atoms with Crippen molar-refractivity contribution in [2.24, 2.45) is 5.92 Å². The van der Waals surface area contributed by atoms with E-state index in [9.17, 15) is 13.6 Å². The number of pyridine rings is 1. The molecule has 0 bridgehead atoms. The van der Waals surface area contributed by atoms with Gasteiger partial charge in [0.2, 0.25) is 5.95 Å². The first kappa shape index (κ1) is 24.1. The minimum absolute atomic E-state index is 0.149. The number of hydrogen-bond donors (Lipinski definition) is 0. The molecule has 6 nitrogen and oxygen atoms in total. The second kappa shape index (κ2) is 10.5. The van der Waals surface area contributed by atoms with Crippen LogP contribution in [0.15, 0.2) is 65.6 Å². The van der Waals surface area contributed by atoms with Gasteiger partial charge in [0.1, 0.15) is 24.0 Å². The lowest BCUT2D eigenvalue weighted by molar-refractivity contribution is 0.152. The van der Waals surface area contributed by atoms with Crippen LogP contribution in [0.3, 0.4) is 0 Å². The molecular weight excluding hydrogens is 462 g/mol. The Morgan fingerprint density at radius 2 is 1.94 bits per heavy atom. The first-order chi connectivity index (χ1) is 17.5. The molecule has 8 heteroatoms. The van der Waals surface area contributed by atoms with Gasteiger partial charge in [0.15, 0.2) is 0 Å². The number of ether oxygens (including phenoxy) is 1. The Bertz CT molecular complexity index is 1420. The first-order valence-corrected chi connectivity index (χ1v) is 12.2. The van der Waals surface area contributed by atoms with Gasteiger partial charge >= 0.3 is 0 Å². The molecule has 4 aromatic rings. The van der Waals surface area contributed by atoms with Crippen LogP contribution in [0.1, 0.15) is 18.4 Å². The number of rotatable bonds is 7. The second-order valence-corrected chi connectivity index (χ2v) is 9.26. The van der Waals surface area contributed by atoms with Crippen molar-refractivity contribution in [2.75, 3.05) is 26.3 Å². The third-order valence-corrected chi connectivity index (χ3v) is 6.69. The quantitative estimate of drug-likeness (QED) is 0.326. The predicted molar refractivity (Wildman–Crippen MR) is 136 cm³/mol. The molecular formula is C28H28F2N4O2. The molecule has 2 aromatic heterocycles. The highest BCUT2D eigenvalue weighted by molar-refractivity contribution is 5.81. The summed E-state index contributed by atoms with van der Waals surface area (Å²) in [5.74, 6) is 1.07. The molecule has 2 aromatic carbocycles. The predicted octanol–water partition coefficient (Wildman–Crippen LogP) is 5.38. The summed E-state index contributed by atoms with van der Waals surface area (Å²) in [4.78, 5) is 24.6. The number of hydrogen-bond acceptors (Lipinski definition) is 5. The Balaban J connectivity index is 1.57. The number of likely N-dealkylation sites (tertiary alicyclic amines) is 1. The fraction of sp³-hybridized carbons (Fsp3) is 0.321. The Hall–Kier alpha value is -3.65. The van der Waals surface area contributed by atoms with Crippen molar-refractivity contribution in [3.8, 4) is 22.9 Å². The number of fused-ring (bicyclic) bond motifs is 1. The van der Waals surface area contributed by atoms with Gasteiger partial charge in [-0.15, -0.1) is 0 Å². The van der Waals surface area contributed by atoms with Crippen molar-refractivity contribution in [3.63, 3.8) is 0 Å². The molecule has 5 rings (SSSR count). The minimum Gasteiger partial charge on any atom is -0.456 e. The summed E-state index contributed by atoms with van der Waals surface area (Å²) in [6.45, 7) is 4.20. The SMILES string of the molecule is Cc1ccccc1-c1nc2ccc(Oc3ccc(F)nc3)cc2c(=O)n1C[C@H]1CCCN(CCF)C1. The summed E-state index contributed by atoms with van der Waals surface area (Å²) in [7, 11) is 0. The number of aryl methyl sites for hydroxylation is 1. The van der Waals surface area contributed by atoms with E-state index < -0.39 is 5.95 Å². The average Bonchev–Trinajstić information content (AvgIpc) is 2.88. The van der Waals surface area contributed by atoms with Gasteiger partial charge in [-0.05, 0) is 68.1 Å². The maximum atomic E-state index is 13.9. The zero-order chi connectivity index (χ0) is 25.1. The van der Waals surface area contributed by atoms with Gasteiger partial charge in [-0.2, -0.15) is 4.39 Å². The summed E-state index contributed by atoms with van der Waals surface area (Å²) >= 11 is 0. The van der Waals surface area contributed by atoms with E-state index in [2.05, 4.69) is 9.88 Å². The Morgan fingerprint density at radius 3 is 2.72 bits per heavy atom. The summed E-state index contributed by atoms with van der Waals surface area (Å²) in [5.41, 5.74) is 2.36. The zero-order valence-corrected chi connectivity index (χ0v) is 20.2. The standard InChI is InChI=1S/C28H28F2N4O2/c1-19-5-2-3-7-23(19)27-32-25-10-8-21(36-22-9-11-26(30)31-16-22)15-24(25)28(35)34(27)18-20-6-4-13-33(17-20)14-12-29/h2-3,5,7-11,15-16,20H,4,6,12-14,17-18H2,1H3/t20-/m0/s1. The van der Waals surface area contributed by atoms with Crippen molar-refractivity contribution >= 4 is 10.9 Å². The molecule has 1 aliphatic rings. The lowest BCUT2D eigenvalue weighted by Crippen LogP contribution is -2.39. The molecule has 0 radical (unpaired) electrons. The Kier molecular flexibility index (Phi) is 7.04. The summed E-state index contributed by atoms with van der Waals surface area (Å²) in [6, 6.07) is 15.8. The molecule has 1 fully saturated rings. The number of halogens is 2. The van der Waals surface area contributed by atoms with Gasteiger partial charge in [-0.3, -0.25) is 9.36 Å². The van der Waals surface area contributed by atoms with Crippen LogP contribution in [-0.2, 0) is 6.54 Å². The van der Waals surface area contributed by atoms with Crippen LogP contribution < -0.4 is 10.3 Å². The molecule has 36 heavy (non-hydrogen) atoms. The van der Waals surface area contributed by atoms with Gasteiger partial charge in [-0.1, -0.05) is 24.3 Å². The van der Waals surface area contributed by atoms with E-state index in [1.165, 1.54) is 18.3 Å². The number of aromatic nitrogens is 3. The maximum absolute atomic E-state index is 13.9. The topological polar surface area (TPSA) is 60.3 Å². The molecule has 0 saturated carbocycles. The van der Waals surface area contributed by atoms with Crippen LogP contribution in [0, 0.1) is 18.8 Å². The number of benzene rings is 2. The number of piperidine rings is 1. The largest absolute Gasteiger partial charge is 0.456 e. The molecule has 0 spiro atoms. The van der Waals surface area contributed by atoms with Crippen LogP contribution in [-0.4, -0.2) is 45.7 Å². The van der Waals surface area contributed by atoms with E-state index in [0.29, 0.717) is 41.3 Å². The van der Waals surface area contributed by atoms with Crippen LogP contribution in [0.4, 0.5) is 8.78 Å². The maximum Gasteiger partial charge on any atom is 0.261 e. The van der Waals surface area contributed by atoms with E-state index in [-0.39, 0.29) is 18.2 Å². The lowest BCUT2D eigenvalue weighted by Gasteiger charge is -2.32. The molecule has 0 N–H and O–H groups in total. The Labute approximate surface area is 208 Å². The van der Waals surface area contributed by atoms with Gasteiger partial charge in [0.25, 0.3) is 5.56 Å². The molecule has 0 unspecified atom stereocenters. The van der Waals surface area contributed by atoms with Crippen LogP contribution in [0.5, 0.6) is 11.5 Å². The minimum atomic E-state index is -0.593. The van der Waals surface area contributed by atoms with Gasteiger partial charge in [0.05, 0.1) is 17.1 Å². The second-order valence-electron chi connectivity index (χ2n) is 9.26. The fourth-order valence-electron chi connectivity index (χ4n) is 4.90. The van der Waals surface area contributed by atoms with Crippen LogP contribution in [0.2, 0.25) is 0 Å². The van der Waals surface area contributed by atoms with Crippen LogP contribution in [0.25, 0.3) is 22.3 Å². The van der Waals surface area contributed by atoms with Gasteiger partial charge in [-0.25, -0.2) is 14.4 Å². The highest BCUT2D eigenvalue weighted by Gasteiger charge is 2.23. The van der Waals surface area contributed by atoms with E-state index in [4.69, 9.17) is 9.72 Å². The Morgan fingerprint density at radius 1 is 1.11 bits per heavy atom. The highest BCUT2D eigenvalue weighted by Crippen LogP contribution is 2.28. The van der Waals surface area contributed by atoms with E-state index in [1.807, 2.05) is 31.2 Å². The monoisotopic (exact) mass is 490 g/mol. The van der Waals surface area contributed by atoms with Gasteiger partial charge in [0, 0.05) is 25.2 Å². The van der Waals surface area contributed by atoms with Crippen molar-refractivity contribution in [1.29, 1.82) is 0 Å². The van der Waals surface area contributed by atoms with E-state index in [1.54, 1.807) is 22.8 Å². The van der Waals surface area contributed by atoms with Crippen molar-refractivity contribution in [2.45, 2.75) is 26.3 Å². The molecule has 1 aliphatic heterocycles. The summed E-state index contributed by atoms with van der Waals surface area (Å²) in [5, 5.41) is 0.441. The molecule has 1 atom stereocenters. The average molecular weight is 491 g/mol. The van der Waals surface area contributed by atoms with Crippen LogP contribution >= 0.6 is 0 Å². The molecule has 1 saturated heterocycles. The fourth-order valence-corrected chi connectivity index (χ4v) is 4.90. The smallest absolute Gasteiger partial charge is 0.261 e. The van der Waals surface area contributed by atoms with E-state index >= 15 is 0 Å². The van der Waals surface area contributed by atoms with Crippen molar-refractivity contribution in [1.82, 2.24) is 19.4 Å². The molecule has 0 aliphatic carbocycles. The van der Waals surface area contributed by atoms with Crippen molar-refractivity contribution < 1.29 is 13.5 Å². The summed E-state index contributed by atoms with van der Waals surface area (Å²) in [6.07, 6.45) is 3.24. The van der Waals surface area contributed by atoms with Crippen molar-refractivity contribution in [3.05, 3.63) is 82.7 Å². The third kappa shape index (κ3) is 5.14. The summed E-state index contributed by atoms with van der Waals surface area (Å²) < 4.78 is 33.7. The highest BCUT2D eigenvalue weighted by atomic mass is 19.1. The zero-order valence-electron chi connectivity index (χ0n) is 20.2. The molecule has 3 heterocycles. The third-order valence-electron chi connectivity index (χ3n) is 6.69. The normalized spacial score (nSPS) is 16.4. The molecule has 0 amide bonds. The first-order valence-electron chi connectivity index (χ1n) is 12.2. The number of alkyl halides is 1. The number of nitrogens with zero attached hydrogens (tertiary/aromatic N) is 4. The molecule has 186 valence electrons. The van der Waals surface area contributed by atoms with E-state index in [0.717, 1.165) is 37.1 Å². The van der Waals surface area contributed by atoms with Gasteiger partial charge < -0.3 is 9.64 Å².